The Hall–Kier alpha value is -1.55. The van der Waals surface area contributed by atoms with Crippen molar-refractivity contribution in [2.24, 2.45) is 0 Å². The second kappa shape index (κ2) is 3.24. The molecule has 0 bridgehead atoms. The molecule has 1 heterocycles. The lowest BCUT2D eigenvalue weighted by molar-refractivity contribution is 0.0591. The van der Waals surface area contributed by atoms with Crippen LogP contribution in [-0.2, 0) is 6.54 Å². The van der Waals surface area contributed by atoms with Crippen LogP contribution in [0.5, 0.6) is 0 Å². The fourth-order valence-electron chi connectivity index (χ4n) is 1.62. The van der Waals surface area contributed by atoms with E-state index in [0.29, 0.717) is 6.54 Å². The van der Waals surface area contributed by atoms with Gasteiger partial charge in [0.1, 0.15) is 0 Å². The number of aromatic nitrogens is 2. The first-order valence-corrected chi connectivity index (χ1v) is 4.90. The summed E-state index contributed by atoms with van der Waals surface area (Å²) in [5.74, 6) is 0. The van der Waals surface area contributed by atoms with Crippen molar-refractivity contribution in [3.05, 3.63) is 24.4 Å². The summed E-state index contributed by atoms with van der Waals surface area (Å²) in [6.45, 7) is 3.97. The number of rotatable bonds is 2. The molecule has 0 aliphatic carbocycles. The van der Waals surface area contributed by atoms with Gasteiger partial charge in [-0.3, -0.25) is 4.68 Å². The lowest BCUT2D eigenvalue weighted by Gasteiger charge is -2.17. The van der Waals surface area contributed by atoms with Crippen LogP contribution < -0.4 is 5.73 Å². The summed E-state index contributed by atoms with van der Waals surface area (Å²) in [6.07, 6.45) is 1.73. The number of benzene rings is 1. The van der Waals surface area contributed by atoms with Crippen molar-refractivity contribution in [1.29, 1.82) is 0 Å². The highest BCUT2D eigenvalue weighted by Crippen LogP contribution is 2.21. The Morgan fingerprint density at radius 1 is 1.47 bits per heavy atom. The molecule has 0 spiro atoms. The highest BCUT2D eigenvalue weighted by Gasteiger charge is 2.15. The molecule has 1 aromatic carbocycles. The average molecular weight is 205 g/mol. The predicted molar refractivity (Wildman–Crippen MR) is 60.4 cm³/mol. The Morgan fingerprint density at radius 3 is 2.87 bits per heavy atom. The largest absolute Gasteiger partial charge is 0.398 e. The fourth-order valence-corrected chi connectivity index (χ4v) is 1.62. The first-order chi connectivity index (χ1) is 6.97. The van der Waals surface area contributed by atoms with Gasteiger partial charge in [0.25, 0.3) is 0 Å². The maximum atomic E-state index is 9.73. The Labute approximate surface area is 88.3 Å². The summed E-state index contributed by atoms with van der Waals surface area (Å²) in [5, 5.41) is 14.9. The number of fused-ring (bicyclic) bond motifs is 1. The van der Waals surface area contributed by atoms with Gasteiger partial charge in [-0.15, -0.1) is 0 Å². The van der Waals surface area contributed by atoms with Crippen LogP contribution in [0.1, 0.15) is 13.8 Å². The quantitative estimate of drug-likeness (QED) is 0.728. The first kappa shape index (κ1) is 9.98. The molecule has 4 heteroatoms. The molecular weight excluding hydrogens is 190 g/mol. The lowest BCUT2D eigenvalue weighted by atomic mass is 10.1. The molecule has 0 saturated heterocycles. The summed E-state index contributed by atoms with van der Waals surface area (Å²) >= 11 is 0. The van der Waals surface area contributed by atoms with Gasteiger partial charge < -0.3 is 10.8 Å². The topological polar surface area (TPSA) is 64.1 Å². The molecule has 0 radical (unpaired) electrons. The van der Waals surface area contributed by atoms with Crippen LogP contribution in [0.25, 0.3) is 10.9 Å². The van der Waals surface area contributed by atoms with E-state index in [4.69, 9.17) is 5.73 Å². The van der Waals surface area contributed by atoms with Gasteiger partial charge in [-0.25, -0.2) is 0 Å². The molecule has 0 fully saturated rings. The normalized spacial score (nSPS) is 12.2. The Balaban J connectivity index is 2.50. The smallest absolute Gasteiger partial charge is 0.0787 e. The molecule has 0 aliphatic rings. The van der Waals surface area contributed by atoms with E-state index in [2.05, 4.69) is 5.10 Å². The van der Waals surface area contributed by atoms with Crippen molar-refractivity contribution in [2.45, 2.75) is 26.0 Å². The van der Waals surface area contributed by atoms with E-state index in [1.165, 1.54) is 0 Å². The predicted octanol–water partition coefficient (Wildman–Crippen LogP) is 1.39. The zero-order chi connectivity index (χ0) is 11.1. The van der Waals surface area contributed by atoms with E-state index in [0.717, 1.165) is 16.6 Å². The molecule has 0 saturated carbocycles. The summed E-state index contributed by atoms with van der Waals surface area (Å²) in [7, 11) is 0. The second-order valence-electron chi connectivity index (χ2n) is 4.39. The molecule has 2 rings (SSSR count). The Bertz CT molecular complexity index is 482. The van der Waals surface area contributed by atoms with Gasteiger partial charge >= 0.3 is 0 Å². The highest BCUT2D eigenvalue weighted by molar-refractivity contribution is 5.90. The molecule has 0 amide bonds. The van der Waals surface area contributed by atoms with E-state index in [9.17, 15) is 5.11 Å². The van der Waals surface area contributed by atoms with E-state index < -0.39 is 5.60 Å². The van der Waals surface area contributed by atoms with Crippen LogP contribution in [0, 0.1) is 0 Å². The van der Waals surface area contributed by atoms with Crippen molar-refractivity contribution in [3.8, 4) is 0 Å². The zero-order valence-electron chi connectivity index (χ0n) is 8.94. The number of nitrogens with zero attached hydrogens (tertiary/aromatic N) is 2. The fraction of sp³-hybridized carbons (Fsp3) is 0.364. The van der Waals surface area contributed by atoms with Crippen LogP contribution in [0.2, 0.25) is 0 Å². The van der Waals surface area contributed by atoms with Gasteiger partial charge in [-0.1, -0.05) is 6.07 Å². The van der Waals surface area contributed by atoms with Crippen LogP contribution >= 0.6 is 0 Å². The molecule has 4 nitrogen and oxygen atoms in total. The molecule has 0 unspecified atom stereocenters. The standard InChI is InChI=1S/C11H15N3O/c1-11(2,15)7-14-10-5-3-4-9(12)8(10)6-13-14/h3-6,15H,7,12H2,1-2H3. The molecule has 0 atom stereocenters. The maximum Gasteiger partial charge on any atom is 0.0787 e. The van der Waals surface area contributed by atoms with Crippen molar-refractivity contribution < 1.29 is 5.11 Å². The third-order valence-electron chi connectivity index (χ3n) is 2.26. The SMILES string of the molecule is CC(C)(O)Cn1ncc2c(N)cccc21. The zero-order valence-corrected chi connectivity index (χ0v) is 8.94. The molecule has 0 aliphatic heterocycles. The Kier molecular flexibility index (Phi) is 2.16. The number of nitrogen functional groups attached to an aromatic ring is 1. The van der Waals surface area contributed by atoms with Crippen molar-refractivity contribution in [1.82, 2.24) is 9.78 Å². The van der Waals surface area contributed by atoms with Gasteiger partial charge in [0, 0.05) is 11.1 Å². The van der Waals surface area contributed by atoms with Crippen molar-refractivity contribution in [2.75, 3.05) is 5.73 Å². The number of nitrogens with two attached hydrogens (primary N) is 1. The lowest BCUT2D eigenvalue weighted by Crippen LogP contribution is -2.26. The van der Waals surface area contributed by atoms with Crippen LogP contribution in [0.4, 0.5) is 5.69 Å². The molecule has 3 N–H and O–H groups in total. The molecule has 80 valence electrons. The van der Waals surface area contributed by atoms with Crippen molar-refractivity contribution in [3.63, 3.8) is 0 Å². The highest BCUT2D eigenvalue weighted by atomic mass is 16.3. The minimum atomic E-state index is -0.774. The van der Waals surface area contributed by atoms with Gasteiger partial charge in [0.05, 0.1) is 23.9 Å². The van der Waals surface area contributed by atoms with E-state index in [1.807, 2.05) is 18.2 Å². The summed E-state index contributed by atoms with van der Waals surface area (Å²) < 4.78 is 1.77. The first-order valence-electron chi connectivity index (χ1n) is 4.90. The number of aliphatic hydroxyl groups is 1. The van der Waals surface area contributed by atoms with Crippen molar-refractivity contribution >= 4 is 16.6 Å². The van der Waals surface area contributed by atoms with Crippen LogP contribution in [-0.4, -0.2) is 20.5 Å². The van der Waals surface area contributed by atoms with Gasteiger partial charge in [-0.05, 0) is 26.0 Å². The number of anilines is 1. The minimum absolute atomic E-state index is 0.458. The van der Waals surface area contributed by atoms with E-state index in [-0.39, 0.29) is 0 Å². The number of hydrogen-bond acceptors (Lipinski definition) is 3. The van der Waals surface area contributed by atoms with Crippen LogP contribution in [0.15, 0.2) is 24.4 Å². The van der Waals surface area contributed by atoms with Gasteiger partial charge in [-0.2, -0.15) is 5.10 Å². The van der Waals surface area contributed by atoms with Gasteiger partial charge in [0.2, 0.25) is 0 Å². The summed E-state index contributed by atoms with van der Waals surface area (Å²) in [5.41, 5.74) is 6.72. The molecule has 2 aromatic rings. The molecular formula is C11H15N3O. The monoisotopic (exact) mass is 205 g/mol. The molecule has 1 aromatic heterocycles. The summed E-state index contributed by atoms with van der Waals surface area (Å²) in [4.78, 5) is 0. The van der Waals surface area contributed by atoms with Gasteiger partial charge in [0.15, 0.2) is 0 Å². The van der Waals surface area contributed by atoms with E-state index in [1.54, 1.807) is 24.7 Å². The third kappa shape index (κ3) is 1.94. The minimum Gasteiger partial charge on any atom is -0.398 e. The average Bonchev–Trinajstić information content (AvgIpc) is 2.48. The maximum absolute atomic E-state index is 9.73. The van der Waals surface area contributed by atoms with E-state index >= 15 is 0 Å². The Morgan fingerprint density at radius 2 is 2.20 bits per heavy atom. The van der Waals surface area contributed by atoms with Crippen LogP contribution in [0.3, 0.4) is 0 Å². The number of hydrogen-bond donors (Lipinski definition) is 2. The summed E-state index contributed by atoms with van der Waals surface area (Å²) in [6, 6.07) is 5.68. The molecule has 15 heavy (non-hydrogen) atoms. The second-order valence-corrected chi connectivity index (χ2v) is 4.39. The third-order valence-corrected chi connectivity index (χ3v) is 2.26.